The Hall–Kier alpha value is -1.02. The lowest BCUT2D eigenvalue weighted by Crippen LogP contribution is -2.38. The van der Waals surface area contributed by atoms with E-state index in [1.165, 1.54) is 18.4 Å². The average Bonchev–Trinajstić information content (AvgIpc) is 2.85. The van der Waals surface area contributed by atoms with Crippen LogP contribution in [0.5, 0.6) is 0 Å². The highest BCUT2D eigenvalue weighted by atomic mass is 35.5. The van der Waals surface area contributed by atoms with E-state index in [4.69, 9.17) is 11.6 Å². The van der Waals surface area contributed by atoms with Gasteiger partial charge in [0, 0.05) is 24.9 Å². The van der Waals surface area contributed by atoms with Crippen molar-refractivity contribution in [2.24, 2.45) is 11.8 Å². The average molecular weight is 280 g/mol. The summed E-state index contributed by atoms with van der Waals surface area (Å²) in [6, 6.07) is 10.1. The van der Waals surface area contributed by atoms with Crippen LogP contribution in [-0.4, -0.2) is 23.2 Å². The number of benzene rings is 1. The molecule has 1 amide bonds. The van der Waals surface area contributed by atoms with Crippen LogP contribution in [0.4, 0.5) is 0 Å². The van der Waals surface area contributed by atoms with Crippen molar-refractivity contribution >= 4 is 17.5 Å². The Bertz CT molecular complexity index is 406. The fourth-order valence-electron chi connectivity index (χ4n) is 2.92. The van der Waals surface area contributed by atoms with Gasteiger partial charge >= 0.3 is 0 Å². The molecule has 1 saturated carbocycles. The second-order valence-corrected chi connectivity index (χ2v) is 5.83. The van der Waals surface area contributed by atoms with Gasteiger partial charge in [-0.2, -0.15) is 0 Å². The monoisotopic (exact) mass is 279 g/mol. The number of nitrogens with zero attached hydrogens (tertiary/aromatic N) is 1. The van der Waals surface area contributed by atoms with Crippen LogP contribution in [0.25, 0.3) is 0 Å². The Labute approximate surface area is 120 Å². The van der Waals surface area contributed by atoms with Gasteiger partial charge in [-0.1, -0.05) is 43.7 Å². The van der Waals surface area contributed by atoms with Gasteiger partial charge in [0.05, 0.1) is 0 Å². The maximum Gasteiger partial charge on any atom is 0.226 e. The smallest absolute Gasteiger partial charge is 0.226 e. The van der Waals surface area contributed by atoms with Gasteiger partial charge < -0.3 is 4.90 Å². The normalized spacial score (nSPS) is 22.4. The summed E-state index contributed by atoms with van der Waals surface area (Å²) in [6.07, 6.45) is 3.39. The Morgan fingerprint density at radius 1 is 1.32 bits per heavy atom. The van der Waals surface area contributed by atoms with Gasteiger partial charge in [-0.25, -0.2) is 0 Å². The highest BCUT2D eigenvalue weighted by Gasteiger charge is 2.32. The molecule has 2 unspecified atom stereocenters. The van der Waals surface area contributed by atoms with E-state index >= 15 is 0 Å². The molecule has 0 bridgehead atoms. The number of halogens is 1. The van der Waals surface area contributed by atoms with Gasteiger partial charge in [0.25, 0.3) is 0 Å². The zero-order valence-electron chi connectivity index (χ0n) is 11.5. The van der Waals surface area contributed by atoms with E-state index in [0.717, 1.165) is 6.42 Å². The highest BCUT2D eigenvalue weighted by Crippen LogP contribution is 2.32. The fourth-order valence-corrected chi connectivity index (χ4v) is 3.12. The second-order valence-electron chi connectivity index (χ2n) is 5.45. The van der Waals surface area contributed by atoms with Crippen LogP contribution >= 0.6 is 11.6 Å². The second kappa shape index (κ2) is 6.95. The summed E-state index contributed by atoms with van der Waals surface area (Å²) in [5, 5.41) is 0. The molecule has 2 atom stereocenters. The van der Waals surface area contributed by atoms with Crippen molar-refractivity contribution < 1.29 is 4.79 Å². The number of alkyl halides is 1. The van der Waals surface area contributed by atoms with Gasteiger partial charge in [0.2, 0.25) is 5.91 Å². The first-order chi connectivity index (χ1) is 9.22. The van der Waals surface area contributed by atoms with Crippen molar-refractivity contribution in [2.45, 2.75) is 32.7 Å². The van der Waals surface area contributed by atoms with Crippen LogP contribution in [0.15, 0.2) is 30.3 Å². The molecule has 1 fully saturated rings. The predicted octanol–water partition coefficient (Wildman–Crippen LogP) is 3.69. The highest BCUT2D eigenvalue weighted by molar-refractivity contribution is 6.18. The number of carbonyl (C=O) groups is 1. The van der Waals surface area contributed by atoms with Crippen molar-refractivity contribution in [1.29, 1.82) is 0 Å². The molecule has 0 N–H and O–H groups in total. The van der Waals surface area contributed by atoms with Gasteiger partial charge in [-0.05, 0) is 24.3 Å². The summed E-state index contributed by atoms with van der Waals surface area (Å²) in [5.74, 6) is 1.50. The summed E-state index contributed by atoms with van der Waals surface area (Å²) in [7, 11) is 0. The van der Waals surface area contributed by atoms with Crippen molar-refractivity contribution in [1.82, 2.24) is 4.90 Å². The Balaban J connectivity index is 2.04. The topological polar surface area (TPSA) is 20.3 Å². The van der Waals surface area contributed by atoms with Crippen LogP contribution in [0, 0.1) is 11.8 Å². The van der Waals surface area contributed by atoms with Crippen LogP contribution in [-0.2, 0) is 11.3 Å². The third-order valence-corrected chi connectivity index (χ3v) is 4.23. The quantitative estimate of drug-likeness (QED) is 0.753. The Morgan fingerprint density at radius 3 is 2.63 bits per heavy atom. The van der Waals surface area contributed by atoms with E-state index < -0.39 is 0 Å². The molecule has 19 heavy (non-hydrogen) atoms. The van der Waals surface area contributed by atoms with Crippen LogP contribution in [0.3, 0.4) is 0 Å². The third kappa shape index (κ3) is 3.73. The number of hydrogen-bond donors (Lipinski definition) is 0. The molecule has 1 aliphatic carbocycles. The van der Waals surface area contributed by atoms with Gasteiger partial charge in [0.15, 0.2) is 0 Å². The predicted molar refractivity (Wildman–Crippen MR) is 79.1 cm³/mol. The third-order valence-electron chi connectivity index (χ3n) is 4.06. The molecule has 104 valence electrons. The Kier molecular flexibility index (Phi) is 5.26. The molecule has 0 aliphatic heterocycles. The van der Waals surface area contributed by atoms with Crippen LogP contribution in [0.2, 0.25) is 0 Å². The molecule has 2 rings (SSSR count). The standard InChI is InChI=1S/C16H22ClNO/c1-13-6-5-9-15(13)16(19)18(11-10-17)12-14-7-3-2-4-8-14/h2-4,7-8,13,15H,5-6,9-12H2,1H3. The van der Waals surface area contributed by atoms with Gasteiger partial charge in [0.1, 0.15) is 0 Å². The summed E-state index contributed by atoms with van der Waals surface area (Å²) in [6.45, 7) is 3.51. The first-order valence-electron chi connectivity index (χ1n) is 7.11. The molecule has 0 saturated heterocycles. The molecule has 0 spiro atoms. The van der Waals surface area contributed by atoms with Crippen molar-refractivity contribution in [3.63, 3.8) is 0 Å². The van der Waals surface area contributed by atoms with Crippen molar-refractivity contribution in [2.75, 3.05) is 12.4 Å². The minimum absolute atomic E-state index is 0.201. The van der Waals surface area contributed by atoms with Crippen LogP contribution in [0.1, 0.15) is 31.7 Å². The summed E-state index contributed by atoms with van der Waals surface area (Å²) in [4.78, 5) is 14.5. The first kappa shape index (κ1) is 14.4. The lowest BCUT2D eigenvalue weighted by molar-refractivity contribution is -0.136. The number of amides is 1. The molecule has 3 heteroatoms. The van der Waals surface area contributed by atoms with Crippen molar-refractivity contribution in [3.8, 4) is 0 Å². The molecular formula is C16H22ClNO. The molecular weight excluding hydrogens is 258 g/mol. The molecule has 2 nitrogen and oxygen atoms in total. The van der Waals surface area contributed by atoms with E-state index in [0.29, 0.717) is 24.9 Å². The minimum Gasteiger partial charge on any atom is -0.337 e. The lowest BCUT2D eigenvalue weighted by atomic mass is 9.96. The minimum atomic E-state index is 0.201. The zero-order valence-corrected chi connectivity index (χ0v) is 12.3. The van der Waals surface area contributed by atoms with Gasteiger partial charge in [-0.15, -0.1) is 11.6 Å². The number of carbonyl (C=O) groups excluding carboxylic acids is 1. The fraction of sp³-hybridized carbons (Fsp3) is 0.562. The molecule has 1 aliphatic rings. The van der Waals surface area contributed by atoms with E-state index in [1.54, 1.807) is 0 Å². The molecule has 0 aromatic heterocycles. The number of hydrogen-bond acceptors (Lipinski definition) is 1. The summed E-state index contributed by atoms with van der Waals surface area (Å²) in [5.41, 5.74) is 1.17. The van der Waals surface area contributed by atoms with Gasteiger partial charge in [-0.3, -0.25) is 4.79 Å². The Morgan fingerprint density at radius 2 is 2.05 bits per heavy atom. The van der Waals surface area contributed by atoms with E-state index in [1.807, 2.05) is 23.1 Å². The summed E-state index contributed by atoms with van der Waals surface area (Å²) >= 11 is 5.86. The molecule has 1 aromatic carbocycles. The first-order valence-corrected chi connectivity index (χ1v) is 7.64. The molecule has 0 radical (unpaired) electrons. The van der Waals surface area contributed by atoms with E-state index in [2.05, 4.69) is 19.1 Å². The largest absolute Gasteiger partial charge is 0.337 e. The zero-order chi connectivity index (χ0) is 13.7. The summed E-state index contributed by atoms with van der Waals surface area (Å²) < 4.78 is 0. The maximum atomic E-state index is 12.6. The van der Waals surface area contributed by atoms with E-state index in [-0.39, 0.29) is 11.8 Å². The number of rotatable bonds is 5. The van der Waals surface area contributed by atoms with Crippen molar-refractivity contribution in [3.05, 3.63) is 35.9 Å². The van der Waals surface area contributed by atoms with E-state index in [9.17, 15) is 4.79 Å². The molecule has 1 aromatic rings. The van der Waals surface area contributed by atoms with Crippen LogP contribution < -0.4 is 0 Å². The maximum absolute atomic E-state index is 12.6. The molecule has 0 heterocycles. The lowest BCUT2D eigenvalue weighted by Gasteiger charge is -2.27. The SMILES string of the molecule is CC1CCCC1C(=O)N(CCCl)Cc1ccccc1.